The second-order valence-corrected chi connectivity index (χ2v) is 8.43. The van der Waals surface area contributed by atoms with Crippen LogP contribution in [-0.4, -0.2) is 48.6 Å². The van der Waals surface area contributed by atoms with Crippen LogP contribution in [0.2, 0.25) is 0 Å². The molecule has 6 heteroatoms. The van der Waals surface area contributed by atoms with Gasteiger partial charge in [-0.2, -0.15) is 0 Å². The highest BCUT2D eigenvalue weighted by atomic mass is 16.5. The fourth-order valence-corrected chi connectivity index (χ4v) is 3.87. The summed E-state index contributed by atoms with van der Waals surface area (Å²) >= 11 is 0. The maximum Gasteiger partial charge on any atom is 0.295 e. The summed E-state index contributed by atoms with van der Waals surface area (Å²) in [6, 6.07) is 14.0. The number of aliphatic hydroxyl groups excluding tert-OH is 1. The van der Waals surface area contributed by atoms with E-state index in [0.717, 1.165) is 11.1 Å². The molecule has 0 aliphatic carbocycles. The van der Waals surface area contributed by atoms with Gasteiger partial charge in [-0.05, 0) is 48.6 Å². The Hall–Kier alpha value is -3.12. The topological polar surface area (TPSA) is 76.1 Å². The third-order valence-corrected chi connectivity index (χ3v) is 5.44. The molecule has 0 aromatic heterocycles. The lowest BCUT2D eigenvalue weighted by Crippen LogP contribution is -2.31. The lowest BCUT2D eigenvalue weighted by Gasteiger charge is -2.25. The van der Waals surface area contributed by atoms with Crippen molar-refractivity contribution in [2.75, 3.05) is 26.9 Å². The van der Waals surface area contributed by atoms with Crippen LogP contribution in [0.15, 0.2) is 54.1 Å². The van der Waals surface area contributed by atoms with Crippen molar-refractivity contribution in [3.05, 3.63) is 70.8 Å². The largest absolute Gasteiger partial charge is 0.507 e. The van der Waals surface area contributed by atoms with Crippen LogP contribution in [0, 0.1) is 12.8 Å². The van der Waals surface area contributed by atoms with Crippen molar-refractivity contribution in [2.45, 2.75) is 33.2 Å². The van der Waals surface area contributed by atoms with E-state index in [1.54, 1.807) is 19.2 Å². The van der Waals surface area contributed by atoms with E-state index in [9.17, 15) is 14.7 Å². The number of hydrogen-bond acceptors (Lipinski definition) is 5. The Kier molecular flexibility index (Phi) is 7.70. The van der Waals surface area contributed by atoms with E-state index in [1.165, 1.54) is 4.90 Å². The summed E-state index contributed by atoms with van der Waals surface area (Å²) in [7, 11) is 1.60. The molecule has 170 valence electrons. The van der Waals surface area contributed by atoms with Crippen molar-refractivity contribution in [3.8, 4) is 5.75 Å². The van der Waals surface area contributed by atoms with Gasteiger partial charge in [-0.25, -0.2) is 0 Å². The molecule has 0 saturated carbocycles. The van der Waals surface area contributed by atoms with Crippen LogP contribution in [0.25, 0.3) is 5.76 Å². The molecule has 0 bridgehead atoms. The average molecular weight is 438 g/mol. The minimum atomic E-state index is -0.673. The van der Waals surface area contributed by atoms with E-state index >= 15 is 0 Å². The number of ether oxygens (including phenoxy) is 2. The van der Waals surface area contributed by atoms with Crippen molar-refractivity contribution < 1.29 is 24.2 Å². The lowest BCUT2D eigenvalue weighted by atomic mass is 9.94. The monoisotopic (exact) mass is 437 g/mol. The van der Waals surface area contributed by atoms with Gasteiger partial charge in [-0.1, -0.05) is 44.2 Å². The molecule has 32 heavy (non-hydrogen) atoms. The zero-order valence-corrected chi connectivity index (χ0v) is 19.1. The molecule has 1 fully saturated rings. The molecule has 1 aliphatic rings. The SMILES string of the molecule is COCCCN1C(=O)C(=O)C(=C(O)c2ccc(OCC(C)C)cc2C)C1c1ccccc1. The first-order valence-corrected chi connectivity index (χ1v) is 10.9. The van der Waals surface area contributed by atoms with E-state index < -0.39 is 17.7 Å². The second-order valence-electron chi connectivity index (χ2n) is 8.43. The van der Waals surface area contributed by atoms with Gasteiger partial charge in [0, 0.05) is 25.8 Å². The van der Waals surface area contributed by atoms with Gasteiger partial charge in [0.25, 0.3) is 11.7 Å². The third-order valence-electron chi connectivity index (χ3n) is 5.44. The summed E-state index contributed by atoms with van der Waals surface area (Å²) in [6.45, 7) is 7.41. The Morgan fingerprint density at radius 1 is 1.12 bits per heavy atom. The minimum Gasteiger partial charge on any atom is -0.507 e. The summed E-state index contributed by atoms with van der Waals surface area (Å²) in [6.07, 6.45) is 0.591. The van der Waals surface area contributed by atoms with Crippen LogP contribution < -0.4 is 4.74 Å². The maximum atomic E-state index is 13.0. The van der Waals surface area contributed by atoms with Crippen LogP contribution in [-0.2, 0) is 14.3 Å². The number of benzene rings is 2. The number of ketones is 1. The number of rotatable bonds is 9. The Labute approximate surface area is 189 Å². The van der Waals surface area contributed by atoms with Crippen LogP contribution in [0.5, 0.6) is 5.75 Å². The highest BCUT2D eigenvalue weighted by Crippen LogP contribution is 2.40. The molecule has 1 atom stereocenters. The smallest absolute Gasteiger partial charge is 0.295 e. The molecule has 0 radical (unpaired) electrons. The number of aliphatic hydroxyl groups is 1. The second kappa shape index (κ2) is 10.5. The molecular weight excluding hydrogens is 406 g/mol. The van der Waals surface area contributed by atoms with Gasteiger partial charge in [0.15, 0.2) is 0 Å². The molecule has 3 rings (SSSR count). The normalized spacial score (nSPS) is 17.9. The molecule has 1 heterocycles. The van der Waals surface area contributed by atoms with E-state index in [-0.39, 0.29) is 11.3 Å². The van der Waals surface area contributed by atoms with E-state index in [1.807, 2.05) is 43.3 Å². The van der Waals surface area contributed by atoms with Crippen LogP contribution >= 0.6 is 0 Å². The number of Topliss-reactive ketones (excluding diaryl/α,β-unsaturated/α-hetero) is 1. The minimum absolute atomic E-state index is 0.109. The van der Waals surface area contributed by atoms with Crippen molar-refractivity contribution in [3.63, 3.8) is 0 Å². The number of carbonyl (C=O) groups excluding carboxylic acids is 2. The van der Waals surface area contributed by atoms with Crippen molar-refractivity contribution in [2.24, 2.45) is 5.92 Å². The van der Waals surface area contributed by atoms with Crippen LogP contribution in [0.4, 0.5) is 0 Å². The number of amides is 1. The molecular formula is C26H31NO5. The molecule has 1 saturated heterocycles. The highest BCUT2D eigenvalue weighted by Gasteiger charge is 2.45. The maximum absolute atomic E-state index is 13.0. The predicted octanol–water partition coefficient (Wildman–Crippen LogP) is 4.49. The summed E-state index contributed by atoms with van der Waals surface area (Å²) in [5.74, 6) is -0.352. The lowest BCUT2D eigenvalue weighted by molar-refractivity contribution is -0.140. The Morgan fingerprint density at radius 2 is 1.84 bits per heavy atom. The number of aryl methyl sites for hydroxylation is 1. The Balaban J connectivity index is 2.04. The fourth-order valence-electron chi connectivity index (χ4n) is 3.87. The van der Waals surface area contributed by atoms with Gasteiger partial charge in [0.1, 0.15) is 11.5 Å². The third kappa shape index (κ3) is 5.02. The quantitative estimate of drug-likeness (QED) is 0.271. The summed E-state index contributed by atoms with van der Waals surface area (Å²) in [5, 5.41) is 11.2. The summed E-state index contributed by atoms with van der Waals surface area (Å²) < 4.78 is 10.9. The standard InChI is InChI=1S/C26H31NO5/c1-17(2)16-32-20-11-12-21(18(3)15-20)24(28)22-23(19-9-6-5-7-10-19)27(13-8-14-31-4)26(30)25(22)29/h5-7,9-12,15,17,23,28H,8,13-14,16H2,1-4H3. The number of hydrogen-bond donors (Lipinski definition) is 1. The van der Waals surface area contributed by atoms with E-state index in [0.29, 0.717) is 43.4 Å². The number of carbonyl (C=O) groups is 2. The highest BCUT2D eigenvalue weighted by molar-refractivity contribution is 6.46. The van der Waals surface area contributed by atoms with Crippen LogP contribution in [0.1, 0.15) is 43.0 Å². The Morgan fingerprint density at radius 3 is 2.47 bits per heavy atom. The average Bonchev–Trinajstić information content (AvgIpc) is 3.03. The molecule has 2 aromatic rings. The summed E-state index contributed by atoms with van der Waals surface area (Å²) in [4.78, 5) is 27.5. The zero-order valence-electron chi connectivity index (χ0n) is 19.1. The van der Waals surface area contributed by atoms with Crippen molar-refractivity contribution in [1.29, 1.82) is 0 Å². The number of nitrogens with zero attached hydrogens (tertiary/aromatic N) is 1. The van der Waals surface area contributed by atoms with E-state index in [4.69, 9.17) is 9.47 Å². The van der Waals surface area contributed by atoms with Crippen LogP contribution in [0.3, 0.4) is 0 Å². The van der Waals surface area contributed by atoms with Gasteiger partial charge >= 0.3 is 0 Å². The van der Waals surface area contributed by atoms with Gasteiger partial charge in [-0.15, -0.1) is 0 Å². The summed E-state index contributed by atoms with van der Waals surface area (Å²) in [5.41, 5.74) is 2.16. The first-order chi connectivity index (χ1) is 15.3. The van der Waals surface area contributed by atoms with E-state index in [2.05, 4.69) is 13.8 Å². The molecule has 0 spiro atoms. The fraction of sp³-hybridized carbons (Fsp3) is 0.385. The van der Waals surface area contributed by atoms with Crippen molar-refractivity contribution >= 4 is 17.4 Å². The molecule has 1 unspecified atom stereocenters. The van der Waals surface area contributed by atoms with Crippen molar-refractivity contribution in [1.82, 2.24) is 4.90 Å². The molecule has 1 aliphatic heterocycles. The first kappa shape index (κ1) is 23.5. The number of likely N-dealkylation sites (tertiary alicyclic amines) is 1. The van der Waals surface area contributed by atoms with Gasteiger partial charge in [0.05, 0.1) is 18.2 Å². The molecule has 2 aromatic carbocycles. The molecule has 1 amide bonds. The zero-order chi connectivity index (χ0) is 23.3. The van der Waals surface area contributed by atoms with Gasteiger partial charge < -0.3 is 19.5 Å². The number of methoxy groups -OCH3 is 1. The molecule has 6 nitrogen and oxygen atoms in total. The Bertz CT molecular complexity index is 997. The first-order valence-electron chi connectivity index (χ1n) is 10.9. The van der Waals surface area contributed by atoms with Gasteiger partial charge in [-0.3, -0.25) is 9.59 Å². The predicted molar refractivity (Wildman–Crippen MR) is 123 cm³/mol. The molecule has 1 N–H and O–H groups in total. The van der Waals surface area contributed by atoms with Gasteiger partial charge in [0.2, 0.25) is 0 Å².